The normalized spacial score (nSPS) is 10.3. The molecule has 0 radical (unpaired) electrons. The van der Waals surface area contributed by atoms with Crippen LogP contribution >= 0.6 is 11.6 Å². The number of amides is 1. The number of halogens is 1. The molecular formula is C18H19ClN2O5. The van der Waals surface area contributed by atoms with Gasteiger partial charge in [0.15, 0.2) is 11.5 Å². The van der Waals surface area contributed by atoms with Crippen molar-refractivity contribution in [2.45, 2.75) is 20.3 Å². The van der Waals surface area contributed by atoms with E-state index in [4.69, 9.17) is 21.1 Å². The Bertz CT molecular complexity index is 839. The number of nitrogens with one attached hydrogen (secondary N) is 1. The lowest BCUT2D eigenvalue weighted by Crippen LogP contribution is -2.14. The third-order valence-corrected chi connectivity index (χ3v) is 3.82. The van der Waals surface area contributed by atoms with Gasteiger partial charge in [-0.25, -0.2) is 0 Å². The second kappa shape index (κ2) is 8.53. The summed E-state index contributed by atoms with van der Waals surface area (Å²) >= 11 is 6.21. The fourth-order valence-electron chi connectivity index (χ4n) is 2.29. The van der Waals surface area contributed by atoms with Gasteiger partial charge in [0.05, 0.1) is 23.7 Å². The summed E-state index contributed by atoms with van der Waals surface area (Å²) in [6.45, 7) is 4.14. The van der Waals surface area contributed by atoms with Crippen LogP contribution in [0.5, 0.6) is 11.5 Å². The molecule has 2 aromatic carbocycles. The average Bonchev–Trinajstić information content (AvgIpc) is 2.61. The highest BCUT2D eigenvalue weighted by molar-refractivity contribution is 6.32. The molecule has 0 spiro atoms. The SMILES string of the molecule is CCCOc1c(Cl)cc(C(=O)Nc2ccc(C)cc2[N+](=O)[O-])cc1OC. The zero-order chi connectivity index (χ0) is 19.3. The van der Waals surface area contributed by atoms with Gasteiger partial charge in [0.25, 0.3) is 11.6 Å². The van der Waals surface area contributed by atoms with Gasteiger partial charge in [-0.15, -0.1) is 0 Å². The second-order valence-electron chi connectivity index (χ2n) is 5.57. The summed E-state index contributed by atoms with van der Waals surface area (Å²) in [5.41, 5.74) is 0.841. The van der Waals surface area contributed by atoms with E-state index in [0.29, 0.717) is 18.1 Å². The van der Waals surface area contributed by atoms with Crippen LogP contribution in [0.15, 0.2) is 30.3 Å². The summed E-state index contributed by atoms with van der Waals surface area (Å²) in [6.07, 6.45) is 0.790. The fraction of sp³-hybridized carbons (Fsp3) is 0.278. The molecule has 0 saturated carbocycles. The largest absolute Gasteiger partial charge is 0.493 e. The molecule has 26 heavy (non-hydrogen) atoms. The van der Waals surface area contributed by atoms with Crippen molar-refractivity contribution in [1.29, 1.82) is 0 Å². The summed E-state index contributed by atoms with van der Waals surface area (Å²) in [5.74, 6) is 0.127. The maximum Gasteiger partial charge on any atom is 0.293 e. The van der Waals surface area contributed by atoms with Crippen LogP contribution in [0.4, 0.5) is 11.4 Å². The number of carbonyl (C=O) groups is 1. The number of nitro benzene ring substituents is 1. The number of hydrogen-bond acceptors (Lipinski definition) is 5. The lowest BCUT2D eigenvalue weighted by atomic mass is 10.1. The minimum Gasteiger partial charge on any atom is -0.493 e. The lowest BCUT2D eigenvalue weighted by Gasteiger charge is -2.14. The van der Waals surface area contributed by atoms with Crippen molar-refractivity contribution in [2.75, 3.05) is 19.0 Å². The number of nitro groups is 1. The van der Waals surface area contributed by atoms with Crippen LogP contribution < -0.4 is 14.8 Å². The molecular weight excluding hydrogens is 360 g/mol. The van der Waals surface area contributed by atoms with Gasteiger partial charge in [-0.05, 0) is 37.1 Å². The highest BCUT2D eigenvalue weighted by atomic mass is 35.5. The first kappa shape index (κ1) is 19.5. The topological polar surface area (TPSA) is 90.7 Å². The molecule has 0 aliphatic carbocycles. The predicted octanol–water partition coefficient (Wildman–Crippen LogP) is 4.61. The number of rotatable bonds is 7. The van der Waals surface area contributed by atoms with E-state index in [2.05, 4.69) is 5.32 Å². The summed E-state index contributed by atoms with van der Waals surface area (Å²) in [4.78, 5) is 23.2. The molecule has 2 aromatic rings. The number of methoxy groups -OCH3 is 1. The molecule has 0 aliphatic rings. The summed E-state index contributed by atoms with van der Waals surface area (Å²) in [5, 5.41) is 14.0. The van der Waals surface area contributed by atoms with Crippen LogP contribution in [0.2, 0.25) is 5.02 Å². The molecule has 0 unspecified atom stereocenters. The second-order valence-corrected chi connectivity index (χ2v) is 5.98. The number of carbonyl (C=O) groups excluding carboxylic acids is 1. The molecule has 0 fully saturated rings. The summed E-state index contributed by atoms with van der Waals surface area (Å²) in [7, 11) is 1.44. The van der Waals surface area contributed by atoms with Gasteiger partial charge in [-0.2, -0.15) is 0 Å². The maximum absolute atomic E-state index is 12.5. The molecule has 0 atom stereocenters. The predicted molar refractivity (Wildman–Crippen MR) is 99.6 cm³/mol. The molecule has 0 aliphatic heterocycles. The van der Waals surface area contributed by atoms with Crippen molar-refractivity contribution in [3.05, 3.63) is 56.6 Å². The molecule has 8 heteroatoms. The van der Waals surface area contributed by atoms with Crippen LogP contribution in [0.3, 0.4) is 0 Å². The molecule has 138 valence electrons. The quantitative estimate of drug-likeness (QED) is 0.561. The van der Waals surface area contributed by atoms with Crippen molar-refractivity contribution in [2.24, 2.45) is 0 Å². The number of benzene rings is 2. The third kappa shape index (κ3) is 4.43. The molecule has 0 bridgehead atoms. The van der Waals surface area contributed by atoms with Crippen molar-refractivity contribution in [3.63, 3.8) is 0 Å². The Morgan fingerprint density at radius 1 is 1.31 bits per heavy atom. The molecule has 7 nitrogen and oxygen atoms in total. The molecule has 0 saturated heterocycles. The number of nitrogens with zero attached hydrogens (tertiary/aromatic N) is 1. The van der Waals surface area contributed by atoms with E-state index >= 15 is 0 Å². The van der Waals surface area contributed by atoms with E-state index in [1.54, 1.807) is 13.0 Å². The smallest absolute Gasteiger partial charge is 0.293 e. The van der Waals surface area contributed by atoms with Gasteiger partial charge in [-0.1, -0.05) is 24.6 Å². The van der Waals surface area contributed by atoms with Crippen LogP contribution in [0.25, 0.3) is 0 Å². The van der Waals surface area contributed by atoms with E-state index in [1.165, 1.54) is 31.4 Å². The third-order valence-electron chi connectivity index (χ3n) is 3.54. The number of ether oxygens (including phenoxy) is 2. The summed E-state index contributed by atoms with van der Waals surface area (Å²) in [6, 6.07) is 7.47. The van der Waals surface area contributed by atoms with E-state index in [9.17, 15) is 14.9 Å². The first-order chi connectivity index (χ1) is 12.4. The van der Waals surface area contributed by atoms with Gasteiger partial charge in [-0.3, -0.25) is 14.9 Å². The molecule has 1 amide bonds. The zero-order valence-electron chi connectivity index (χ0n) is 14.7. The van der Waals surface area contributed by atoms with Crippen LogP contribution in [0.1, 0.15) is 29.3 Å². The zero-order valence-corrected chi connectivity index (χ0v) is 15.4. The standard InChI is InChI=1S/C18H19ClN2O5/c1-4-7-26-17-13(19)9-12(10-16(17)25-3)18(22)20-14-6-5-11(2)8-15(14)21(23)24/h5-6,8-10H,4,7H2,1-3H3,(H,20,22). The average molecular weight is 379 g/mol. The number of anilines is 1. The van der Waals surface area contributed by atoms with Gasteiger partial charge in [0.1, 0.15) is 5.69 Å². The van der Waals surface area contributed by atoms with Crippen LogP contribution in [0, 0.1) is 17.0 Å². The van der Waals surface area contributed by atoms with Crippen LogP contribution in [-0.4, -0.2) is 24.5 Å². The fourth-order valence-corrected chi connectivity index (χ4v) is 2.55. The Balaban J connectivity index is 2.33. The van der Waals surface area contributed by atoms with E-state index in [1.807, 2.05) is 6.92 Å². The van der Waals surface area contributed by atoms with Gasteiger partial charge in [0, 0.05) is 11.6 Å². The number of aryl methyl sites for hydroxylation is 1. The van der Waals surface area contributed by atoms with Crippen molar-refractivity contribution in [1.82, 2.24) is 0 Å². The lowest BCUT2D eigenvalue weighted by molar-refractivity contribution is -0.384. The first-order valence-corrected chi connectivity index (χ1v) is 8.31. The molecule has 1 N–H and O–H groups in total. The Morgan fingerprint density at radius 2 is 2.04 bits per heavy atom. The van der Waals surface area contributed by atoms with Crippen molar-refractivity contribution in [3.8, 4) is 11.5 Å². The highest BCUT2D eigenvalue weighted by Gasteiger charge is 2.19. The van der Waals surface area contributed by atoms with E-state index in [-0.39, 0.29) is 22.0 Å². The minimum absolute atomic E-state index is 0.104. The molecule has 0 heterocycles. The monoisotopic (exact) mass is 378 g/mol. The number of hydrogen-bond donors (Lipinski definition) is 1. The van der Waals surface area contributed by atoms with Gasteiger partial charge in [0.2, 0.25) is 0 Å². The Hall–Kier alpha value is -2.80. The molecule has 2 rings (SSSR count). The summed E-state index contributed by atoms with van der Waals surface area (Å²) < 4.78 is 10.8. The maximum atomic E-state index is 12.5. The van der Waals surface area contributed by atoms with Gasteiger partial charge < -0.3 is 14.8 Å². The highest BCUT2D eigenvalue weighted by Crippen LogP contribution is 2.37. The Labute approximate surface area is 156 Å². The van der Waals surface area contributed by atoms with Crippen molar-refractivity contribution < 1.29 is 19.2 Å². The van der Waals surface area contributed by atoms with Gasteiger partial charge >= 0.3 is 0 Å². The Morgan fingerprint density at radius 3 is 2.65 bits per heavy atom. The van der Waals surface area contributed by atoms with E-state index < -0.39 is 10.8 Å². The Kier molecular flexibility index (Phi) is 6.41. The first-order valence-electron chi connectivity index (χ1n) is 7.94. The minimum atomic E-state index is -0.544. The van der Waals surface area contributed by atoms with Crippen LogP contribution in [-0.2, 0) is 0 Å². The molecule has 0 aromatic heterocycles. The van der Waals surface area contributed by atoms with E-state index in [0.717, 1.165) is 12.0 Å². The van der Waals surface area contributed by atoms with Crippen molar-refractivity contribution >= 4 is 28.9 Å².